The SMILES string of the molecule is CN1CCN(c2ccc(-c3ccc(NC(=O)Nc4ccccc4F)cc3)nn2)CC1. The predicted molar refractivity (Wildman–Crippen MR) is 116 cm³/mol. The number of hydrogen-bond acceptors (Lipinski definition) is 5. The lowest BCUT2D eigenvalue weighted by Gasteiger charge is -2.32. The number of halogens is 1. The van der Waals surface area contributed by atoms with E-state index in [1.54, 1.807) is 24.3 Å². The molecule has 1 aromatic heterocycles. The minimum absolute atomic E-state index is 0.127. The first-order valence-corrected chi connectivity index (χ1v) is 9.79. The number of amides is 2. The molecule has 0 saturated carbocycles. The zero-order valence-corrected chi connectivity index (χ0v) is 16.7. The fourth-order valence-electron chi connectivity index (χ4n) is 3.25. The zero-order valence-electron chi connectivity index (χ0n) is 16.7. The molecule has 7 nitrogen and oxygen atoms in total. The van der Waals surface area contributed by atoms with E-state index in [4.69, 9.17) is 0 Å². The van der Waals surface area contributed by atoms with Gasteiger partial charge in [-0.1, -0.05) is 24.3 Å². The lowest BCUT2D eigenvalue weighted by molar-refractivity contribution is 0.262. The third-order valence-corrected chi connectivity index (χ3v) is 5.04. The summed E-state index contributed by atoms with van der Waals surface area (Å²) < 4.78 is 13.6. The molecule has 0 unspecified atom stereocenters. The van der Waals surface area contributed by atoms with Crippen LogP contribution in [0.1, 0.15) is 0 Å². The highest BCUT2D eigenvalue weighted by molar-refractivity contribution is 5.99. The van der Waals surface area contributed by atoms with Crippen LogP contribution in [0.15, 0.2) is 60.7 Å². The molecule has 1 fully saturated rings. The number of hydrogen-bond donors (Lipinski definition) is 2. The number of likely N-dealkylation sites (N-methyl/N-ethyl adjacent to an activating group) is 1. The molecule has 0 spiro atoms. The van der Waals surface area contributed by atoms with E-state index in [2.05, 4.69) is 37.7 Å². The number of carbonyl (C=O) groups excluding carboxylic acids is 1. The van der Waals surface area contributed by atoms with E-state index < -0.39 is 11.8 Å². The van der Waals surface area contributed by atoms with Crippen LogP contribution in [0.25, 0.3) is 11.3 Å². The van der Waals surface area contributed by atoms with Crippen molar-refractivity contribution in [2.24, 2.45) is 0 Å². The van der Waals surface area contributed by atoms with Crippen LogP contribution in [0.4, 0.5) is 26.4 Å². The molecule has 0 bridgehead atoms. The van der Waals surface area contributed by atoms with Gasteiger partial charge in [-0.3, -0.25) is 0 Å². The molecule has 0 aliphatic carbocycles. The van der Waals surface area contributed by atoms with Crippen molar-refractivity contribution < 1.29 is 9.18 Å². The third kappa shape index (κ3) is 4.72. The number of rotatable bonds is 4. The van der Waals surface area contributed by atoms with Crippen molar-refractivity contribution in [1.29, 1.82) is 0 Å². The molecule has 8 heteroatoms. The molecule has 2 amide bonds. The Balaban J connectivity index is 1.37. The van der Waals surface area contributed by atoms with Gasteiger partial charge in [0.25, 0.3) is 0 Å². The largest absolute Gasteiger partial charge is 0.353 e. The molecule has 30 heavy (non-hydrogen) atoms. The molecular weight excluding hydrogens is 383 g/mol. The molecule has 2 aromatic carbocycles. The van der Waals surface area contributed by atoms with Gasteiger partial charge >= 0.3 is 6.03 Å². The quantitative estimate of drug-likeness (QED) is 0.692. The van der Waals surface area contributed by atoms with Crippen molar-refractivity contribution in [2.45, 2.75) is 0 Å². The van der Waals surface area contributed by atoms with Crippen LogP contribution in [0, 0.1) is 5.82 Å². The minimum Gasteiger partial charge on any atom is -0.353 e. The molecular formula is C22H23FN6O. The van der Waals surface area contributed by atoms with Crippen LogP contribution in [-0.2, 0) is 0 Å². The van der Waals surface area contributed by atoms with E-state index in [1.165, 1.54) is 12.1 Å². The van der Waals surface area contributed by atoms with Crippen LogP contribution in [0.3, 0.4) is 0 Å². The average molecular weight is 406 g/mol. The standard InChI is InChI=1S/C22H23FN6O/c1-28-12-14-29(15-13-28)21-11-10-19(26-27-21)16-6-8-17(9-7-16)24-22(30)25-20-5-3-2-4-18(20)23/h2-11H,12-15H2,1H3,(H2,24,25,30). The fourth-order valence-corrected chi connectivity index (χ4v) is 3.25. The van der Waals surface area contributed by atoms with Gasteiger partial charge in [-0.25, -0.2) is 9.18 Å². The molecule has 1 aliphatic rings. The fraction of sp³-hybridized carbons (Fsp3) is 0.227. The topological polar surface area (TPSA) is 73.4 Å². The number of urea groups is 1. The van der Waals surface area contributed by atoms with Crippen LogP contribution in [-0.4, -0.2) is 54.4 Å². The van der Waals surface area contributed by atoms with Gasteiger partial charge in [0.2, 0.25) is 0 Å². The van der Waals surface area contributed by atoms with Gasteiger partial charge in [0.15, 0.2) is 5.82 Å². The minimum atomic E-state index is -0.510. The Kier molecular flexibility index (Phi) is 5.85. The number of benzene rings is 2. The number of anilines is 3. The molecule has 3 aromatic rings. The summed E-state index contributed by atoms with van der Waals surface area (Å²) in [6.45, 7) is 3.92. The molecule has 4 rings (SSSR count). The van der Waals surface area contributed by atoms with Gasteiger partial charge in [-0.05, 0) is 43.4 Å². The van der Waals surface area contributed by atoms with Gasteiger partial charge in [-0.15, -0.1) is 10.2 Å². The van der Waals surface area contributed by atoms with Gasteiger partial charge in [0.1, 0.15) is 5.82 Å². The van der Waals surface area contributed by atoms with E-state index in [9.17, 15) is 9.18 Å². The van der Waals surface area contributed by atoms with Crippen LogP contribution in [0.2, 0.25) is 0 Å². The van der Waals surface area contributed by atoms with Crippen molar-refractivity contribution >= 4 is 23.2 Å². The van der Waals surface area contributed by atoms with E-state index in [0.717, 1.165) is 43.3 Å². The third-order valence-electron chi connectivity index (χ3n) is 5.04. The van der Waals surface area contributed by atoms with Gasteiger partial charge in [0.05, 0.1) is 11.4 Å². The van der Waals surface area contributed by atoms with Gasteiger partial charge < -0.3 is 20.4 Å². The summed E-state index contributed by atoms with van der Waals surface area (Å²) in [5.74, 6) is 0.400. The average Bonchev–Trinajstić information content (AvgIpc) is 2.77. The Hall–Kier alpha value is -3.52. The Bertz CT molecular complexity index is 1000. The van der Waals surface area contributed by atoms with Gasteiger partial charge in [-0.2, -0.15) is 0 Å². The van der Waals surface area contributed by atoms with Crippen molar-refractivity contribution in [3.8, 4) is 11.3 Å². The molecule has 2 heterocycles. The predicted octanol–water partition coefficient (Wildman–Crippen LogP) is 3.68. The summed E-state index contributed by atoms with van der Waals surface area (Å²) >= 11 is 0. The second-order valence-electron chi connectivity index (χ2n) is 7.20. The Morgan fingerprint density at radius 1 is 0.900 bits per heavy atom. The van der Waals surface area contributed by atoms with Crippen LogP contribution in [0.5, 0.6) is 0 Å². The first-order valence-electron chi connectivity index (χ1n) is 9.79. The molecule has 154 valence electrons. The number of nitrogens with one attached hydrogen (secondary N) is 2. The normalized spacial score (nSPS) is 14.4. The maximum Gasteiger partial charge on any atom is 0.323 e. The van der Waals surface area contributed by atoms with Gasteiger partial charge in [0, 0.05) is 37.4 Å². The van der Waals surface area contributed by atoms with E-state index in [-0.39, 0.29) is 5.69 Å². The van der Waals surface area contributed by atoms with E-state index >= 15 is 0 Å². The number of para-hydroxylation sites is 1. The number of carbonyl (C=O) groups is 1. The van der Waals surface area contributed by atoms with Crippen molar-refractivity contribution in [3.63, 3.8) is 0 Å². The molecule has 1 aliphatic heterocycles. The monoisotopic (exact) mass is 406 g/mol. The number of aromatic nitrogens is 2. The summed E-state index contributed by atoms with van der Waals surface area (Å²) in [6, 6.07) is 16.7. The van der Waals surface area contributed by atoms with Crippen molar-refractivity contribution in [2.75, 3.05) is 48.8 Å². The Morgan fingerprint density at radius 2 is 1.63 bits per heavy atom. The van der Waals surface area contributed by atoms with Crippen LogP contribution >= 0.6 is 0 Å². The molecule has 1 saturated heterocycles. The first kappa shape index (κ1) is 19.8. The Labute approximate surface area is 174 Å². The van der Waals surface area contributed by atoms with E-state index in [1.807, 2.05) is 24.3 Å². The highest BCUT2D eigenvalue weighted by atomic mass is 19.1. The second-order valence-corrected chi connectivity index (χ2v) is 7.20. The van der Waals surface area contributed by atoms with Crippen molar-refractivity contribution in [3.05, 3.63) is 66.5 Å². The maximum atomic E-state index is 13.6. The highest BCUT2D eigenvalue weighted by Gasteiger charge is 2.15. The number of nitrogens with zero attached hydrogens (tertiary/aromatic N) is 4. The second kappa shape index (κ2) is 8.87. The Morgan fingerprint density at radius 3 is 2.30 bits per heavy atom. The zero-order chi connectivity index (χ0) is 20.9. The smallest absolute Gasteiger partial charge is 0.323 e. The molecule has 0 radical (unpaired) electrons. The molecule has 2 N–H and O–H groups in total. The summed E-state index contributed by atoms with van der Waals surface area (Å²) in [5, 5.41) is 13.9. The van der Waals surface area contributed by atoms with E-state index in [0.29, 0.717) is 5.69 Å². The first-order chi connectivity index (χ1) is 14.6. The summed E-state index contributed by atoms with van der Waals surface area (Å²) in [5.41, 5.74) is 2.37. The lowest BCUT2D eigenvalue weighted by Crippen LogP contribution is -2.44. The lowest BCUT2D eigenvalue weighted by atomic mass is 10.1. The molecule has 0 atom stereocenters. The highest BCUT2D eigenvalue weighted by Crippen LogP contribution is 2.21. The summed E-state index contributed by atoms with van der Waals surface area (Å²) in [7, 11) is 2.12. The maximum absolute atomic E-state index is 13.6. The summed E-state index contributed by atoms with van der Waals surface area (Å²) in [6.07, 6.45) is 0. The van der Waals surface area contributed by atoms with Crippen molar-refractivity contribution in [1.82, 2.24) is 15.1 Å². The number of piperazine rings is 1. The van der Waals surface area contributed by atoms with Crippen LogP contribution < -0.4 is 15.5 Å². The summed E-state index contributed by atoms with van der Waals surface area (Å²) in [4.78, 5) is 16.6.